The molecule has 190 valence electrons. The minimum Gasteiger partial charge on any atom is -0.479 e. The first-order chi connectivity index (χ1) is 15.9. The van der Waals surface area contributed by atoms with Crippen LogP contribution in [0.1, 0.15) is 33.3 Å². The molecular weight excluding hydrogens is 452 g/mol. The molecule has 0 aromatic heterocycles. The number of rotatable bonds is 10. The molecule has 1 aliphatic heterocycles. The molecule has 12 heteroatoms. The van der Waals surface area contributed by atoms with Gasteiger partial charge in [0.25, 0.3) is 0 Å². The van der Waals surface area contributed by atoms with E-state index in [1.165, 1.54) is 12.1 Å². The summed E-state index contributed by atoms with van der Waals surface area (Å²) in [6.07, 6.45) is -8.99. The maximum Gasteiger partial charge on any atom is 0.335 e. The summed E-state index contributed by atoms with van der Waals surface area (Å²) in [6, 6.07) is 4.49. The van der Waals surface area contributed by atoms with Crippen LogP contribution in [0.5, 0.6) is 5.75 Å². The van der Waals surface area contributed by atoms with E-state index in [2.05, 4.69) is 10.6 Å². The fourth-order valence-electron chi connectivity index (χ4n) is 2.95. The quantitative estimate of drug-likeness (QED) is 0.237. The molecule has 1 heterocycles. The van der Waals surface area contributed by atoms with Gasteiger partial charge in [0.15, 0.2) is 6.10 Å². The van der Waals surface area contributed by atoms with Crippen LogP contribution in [0.3, 0.4) is 0 Å². The Morgan fingerprint density at radius 3 is 2.32 bits per heavy atom. The summed E-state index contributed by atoms with van der Waals surface area (Å²) in [7, 11) is 0. The fraction of sp³-hybridized carbons (Fsp3) is 0.591. The van der Waals surface area contributed by atoms with E-state index in [0.717, 1.165) is 0 Å². The number of aliphatic hydroxyl groups excluding tert-OH is 3. The number of hydrogen-bond donors (Lipinski definition) is 6. The van der Waals surface area contributed by atoms with Crippen LogP contribution in [-0.2, 0) is 30.5 Å². The molecule has 1 aliphatic rings. The molecule has 5 atom stereocenters. The van der Waals surface area contributed by atoms with Crippen molar-refractivity contribution in [1.82, 2.24) is 5.32 Å². The zero-order chi connectivity index (χ0) is 25.6. The lowest BCUT2D eigenvalue weighted by atomic mass is 9.99. The van der Waals surface area contributed by atoms with Gasteiger partial charge in [-0.2, -0.15) is 0 Å². The van der Waals surface area contributed by atoms with Gasteiger partial charge >= 0.3 is 11.9 Å². The van der Waals surface area contributed by atoms with E-state index < -0.39 is 48.6 Å². The van der Waals surface area contributed by atoms with Gasteiger partial charge in [0.05, 0.1) is 18.2 Å². The number of aliphatic carboxylic acids is 1. The molecule has 1 aromatic rings. The number of hydrogen-bond acceptors (Lipinski definition) is 10. The Morgan fingerprint density at radius 1 is 1.06 bits per heavy atom. The molecule has 12 nitrogen and oxygen atoms in total. The van der Waals surface area contributed by atoms with Crippen LogP contribution in [0, 0.1) is 5.92 Å². The lowest BCUT2D eigenvalue weighted by molar-refractivity contribution is -0.271. The second-order valence-corrected chi connectivity index (χ2v) is 8.53. The van der Waals surface area contributed by atoms with Gasteiger partial charge < -0.3 is 45.3 Å². The molecule has 2 rings (SSSR count). The summed E-state index contributed by atoms with van der Waals surface area (Å²) in [6.45, 7) is 7.03. The zero-order valence-electron chi connectivity index (χ0n) is 19.4. The molecule has 1 saturated heterocycles. The first-order valence-electron chi connectivity index (χ1n) is 10.8. The third-order valence-electron chi connectivity index (χ3n) is 4.90. The minimum atomic E-state index is -1.87. The highest BCUT2D eigenvalue weighted by atomic mass is 16.7. The summed E-state index contributed by atoms with van der Waals surface area (Å²) in [5.74, 6) is -2.70. The molecule has 0 radical (unpaired) electrons. The predicted octanol–water partition coefficient (Wildman–Crippen LogP) is -0.407. The normalized spacial score (nSPS) is 24.7. The van der Waals surface area contributed by atoms with E-state index in [9.17, 15) is 34.8 Å². The van der Waals surface area contributed by atoms with Crippen molar-refractivity contribution in [2.75, 3.05) is 11.9 Å². The van der Waals surface area contributed by atoms with Crippen molar-refractivity contribution in [2.24, 2.45) is 5.92 Å². The molecule has 0 aliphatic carbocycles. The predicted molar refractivity (Wildman–Crippen MR) is 118 cm³/mol. The Balaban J connectivity index is 2.26. The Bertz CT molecular complexity index is 875. The Hall–Kier alpha value is -2.77. The number of amides is 1. The molecule has 0 bridgehead atoms. The summed E-state index contributed by atoms with van der Waals surface area (Å²) >= 11 is 0. The molecule has 0 spiro atoms. The van der Waals surface area contributed by atoms with Gasteiger partial charge in [0.1, 0.15) is 30.7 Å². The first kappa shape index (κ1) is 27.5. The summed E-state index contributed by atoms with van der Waals surface area (Å²) < 4.78 is 15.9. The van der Waals surface area contributed by atoms with Crippen LogP contribution in [0.15, 0.2) is 18.2 Å². The van der Waals surface area contributed by atoms with Crippen LogP contribution < -0.4 is 15.4 Å². The molecule has 34 heavy (non-hydrogen) atoms. The number of nitrogens with one attached hydrogen (secondary N) is 2. The average Bonchev–Trinajstić information content (AvgIpc) is 2.77. The number of carbonyl (C=O) groups is 3. The van der Waals surface area contributed by atoms with E-state index in [4.69, 9.17) is 14.2 Å². The van der Waals surface area contributed by atoms with Crippen molar-refractivity contribution in [2.45, 2.75) is 71.0 Å². The van der Waals surface area contributed by atoms with Crippen LogP contribution in [-0.4, -0.2) is 81.6 Å². The Kier molecular flexibility index (Phi) is 9.77. The highest BCUT2D eigenvalue weighted by Gasteiger charge is 2.48. The van der Waals surface area contributed by atoms with Crippen molar-refractivity contribution >= 4 is 23.5 Å². The van der Waals surface area contributed by atoms with Gasteiger partial charge in [-0.25, -0.2) is 4.79 Å². The maximum atomic E-state index is 12.4. The number of anilines is 1. The third-order valence-corrected chi connectivity index (χ3v) is 4.90. The van der Waals surface area contributed by atoms with E-state index in [-0.39, 0.29) is 36.5 Å². The van der Waals surface area contributed by atoms with Crippen LogP contribution >= 0.6 is 0 Å². The highest BCUT2D eigenvalue weighted by Crippen LogP contribution is 2.31. The number of aliphatic hydroxyl groups is 3. The number of carboxylic acid groups (broad SMARTS) is 1. The molecule has 1 fully saturated rings. The van der Waals surface area contributed by atoms with E-state index in [1.807, 2.05) is 13.8 Å². The first-order valence-corrected chi connectivity index (χ1v) is 10.8. The topological polar surface area (TPSA) is 184 Å². The van der Waals surface area contributed by atoms with Gasteiger partial charge in [-0.1, -0.05) is 33.8 Å². The largest absolute Gasteiger partial charge is 0.479 e. The number of carbonyl (C=O) groups excluding carboxylic acids is 2. The second kappa shape index (κ2) is 12.1. The van der Waals surface area contributed by atoms with Crippen molar-refractivity contribution in [3.05, 3.63) is 23.8 Å². The highest BCUT2D eigenvalue weighted by molar-refractivity contribution is 5.93. The summed E-state index contributed by atoms with van der Waals surface area (Å²) in [4.78, 5) is 35.5. The summed E-state index contributed by atoms with van der Waals surface area (Å²) in [5.41, 5.74) is 0.661. The monoisotopic (exact) mass is 484 g/mol. The number of esters is 1. The van der Waals surface area contributed by atoms with E-state index in [0.29, 0.717) is 5.56 Å². The maximum absolute atomic E-state index is 12.4. The van der Waals surface area contributed by atoms with Crippen LogP contribution in [0.4, 0.5) is 5.69 Å². The van der Waals surface area contributed by atoms with Gasteiger partial charge in [0.2, 0.25) is 12.2 Å². The van der Waals surface area contributed by atoms with E-state index >= 15 is 0 Å². The van der Waals surface area contributed by atoms with Crippen molar-refractivity contribution < 1.29 is 49.0 Å². The van der Waals surface area contributed by atoms with Crippen molar-refractivity contribution in [3.8, 4) is 5.75 Å². The van der Waals surface area contributed by atoms with Crippen molar-refractivity contribution in [1.29, 1.82) is 0 Å². The standard InChI is InChI=1S/C22H32N2O10/c1-10(2)21(31)32-9-12-5-6-14(13(7-12)24-15(25)8-23-11(3)4)33-22-18(28)16(26)17(27)19(34-22)20(29)30/h5-7,10-11,16-19,22-23,26-28H,8-9H2,1-4H3,(H,24,25)(H,29,30)/t16-,17-,18+,19-,22+/m0/s1. The molecule has 1 aromatic carbocycles. The molecule has 1 amide bonds. The SMILES string of the molecule is CC(C)NCC(=O)Nc1cc(COC(=O)C(C)C)ccc1O[C@@H]1O[C@H](C(=O)O)[C@@H](O)[C@H](O)[C@H]1O. The lowest BCUT2D eigenvalue weighted by Crippen LogP contribution is -2.61. The fourth-order valence-corrected chi connectivity index (χ4v) is 2.95. The molecule has 0 saturated carbocycles. The van der Waals surface area contributed by atoms with Crippen molar-refractivity contribution in [3.63, 3.8) is 0 Å². The summed E-state index contributed by atoms with van der Waals surface area (Å²) in [5, 5.41) is 44.9. The number of benzene rings is 1. The average molecular weight is 485 g/mol. The molecular formula is C22H32N2O10. The van der Waals surface area contributed by atoms with Gasteiger partial charge in [-0.15, -0.1) is 0 Å². The smallest absolute Gasteiger partial charge is 0.335 e. The lowest BCUT2D eigenvalue weighted by Gasteiger charge is -2.38. The number of carboxylic acids is 1. The minimum absolute atomic E-state index is 0.00592. The zero-order valence-corrected chi connectivity index (χ0v) is 19.4. The molecule has 6 N–H and O–H groups in total. The third kappa shape index (κ3) is 7.37. The van der Waals surface area contributed by atoms with Crippen LogP contribution in [0.2, 0.25) is 0 Å². The Labute approximate surface area is 196 Å². The van der Waals surface area contributed by atoms with Gasteiger partial charge in [-0.3, -0.25) is 9.59 Å². The molecule has 0 unspecified atom stereocenters. The Morgan fingerprint density at radius 2 is 1.74 bits per heavy atom. The van der Waals surface area contributed by atoms with Crippen LogP contribution in [0.25, 0.3) is 0 Å². The van der Waals surface area contributed by atoms with Gasteiger partial charge in [-0.05, 0) is 17.7 Å². The van der Waals surface area contributed by atoms with E-state index in [1.54, 1.807) is 19.9 Å². The van der Waals surface area contributed by atoms with Gasteiger partial charge in [0, 0.05) is 6.04 Å². The number of ether oxygens (including phenoxy) is 3. The second-order valence-electron chi connectivity index (χ2n) is 8.53.